The molecule has 0 aliphatic carbocycles. The molecule has 0 aromatic carbocycles. The largest absolute Gasteiger partial charge is 0.392 e. The van der Waals surface area contributed by atoms with Gasteiger partial charge >= 0.3 is 0 Å². The SMILES string of the molecule is CCCCC[C@H](O)CCl. The highest BCUT2D eigenvalue weighted by Crippen LogP contribution is 2.03. The quantitative estimate of drug-likeness (QED) is 0.471. The molecule has 2 heteroatoms. The van der Waals surface area contributed by atoms with Gasteiger partial charge in [-0.1, -0.05) is 26.2 Å². The number of rotatable bonds is 5. The van der Waals surface area contributed by atoms with Crippen LogP contribution in [0.5, 0.6) is 0 Å². The highest BCUT2D eigenvalue weighted by atomic mass is 35.5. The Labute approximate surface area is 62.0 Å². The van der Waals surface area contributed by atoms with Crippen LogP contribution in [-0.4, -0.2) is 17.1 Å². The molecule has 0 bridgehead atoms. The lowest BCUT2D eigenvalue weighted by Gasteiger charge is -2.03. The van der Waals surface area contributed by atoms with Crippen LogP contribution in [0.25, 0.3) is 0 Å². The average Bonchev–Trinajstić information content (AvgIpc) is 1.89. The molecule has 1 atom stereocenters. The predicted molar refractivity (Wildman–Crippen MR) is 40.9 cm³/mol. The van der Waals surface area contributed by atoms with Gasteiger partial charge in [0.05, 0.1) is 6.10 Å². The zero-order valence-electron chi connectivity index (χ0n) is 5.94. The lowest BCUT2D eigenvalue weighted by molar-refractivity contribution is 0.184. The minimum atomic E-state index is -0.279. The minimum absolute atomic E-state index is 0.279. The van der Waals surface area contributed by atoms with E-state index in [0.29, 0.717) is 5.88 Å². The van der Waals surface area contributed by atoms with Crippen LogP contribution >= 0.6 is 11.6 Å². The number of hydrogen-bond donors (Lipinski definition) is 1. The first-order valence-electron chi connectivity index (χ1n) is 3.55. The molecule has 0 saturated heterocycles. The molecule has 0 aliphatic rings. The summed E-state index contributed by atoms with van der Waals surface area (Å²) in [4.78, 5) is 0. The van der Waals surface area contributed by atoms with Gasteiger partial charge in [-0.3, -0.25) is 0 Å². The summed E-state index contributed by atoms with van der Waals surface area (Å²) in [6.07, 6.45) is 4.09. The van der Waals surface area contributed by atoms with Crippen LogP contribution in [0.3, 0.4) is 0 Å². The molecule has 0 heterocycles. The van der Waals surface area contributed by atoms with E-state index in [4.69, 9.17) is 16.7 Å². The fourth-order valence-corrected chi connectivity index (χ4v) is 0.861. The maximum atomic E-state index is 8.95. The summed E-state index contributed by atoms with van der Waals surface area (Å²) in [5.74, 6) is 0.379. The number of aliphatic hydroxyl groups excluding tert-OH is 1. The number of unbranched alkanes of at least 4 members (excludes halogenated alkanes) is 2. The van der Waals surface area contributed by atoms with E-state index in [1.807, 2.05) is 0 Å². The Balaban J connectivity index is 2.88. The second-order valence-electron chi connectivity index (χ2n) is 2.30. The fraction of sp³-hybridized carbons (Fsp3) is 1.00. The molecular formula is C7H15ClO. The molecule has 0 aliphatic heterocycles. The molecule has 1 N–H and O–H groups in total. The van der Waals surface area contributed by atoms with Crippen molar-refractivity contribution in [3.8, 4) is 0 Å². The van der Waals surface area contributed by atoms with E-state index in [9.17, 15) is 0 Å². The van der Waals surface area contributed by atoms with E-state index in [1.54, 1.807) is 0 Å². The summed E-state index contributed by atoms with van der Waals surface area (Å²) in [6.45, 7) is 2.15. The Morgan fingerprint density at radius 2 is 2.11 bits per heavy atom. The van der Waals surface area contributed by atoms with E-state index in [2.05, 4.69) is 6.92 Å². The van der Waals surface area contributed by atoms with Gasteiger partial charge in [0.2, 0.25) is 0 Å². The van der Waals surface area contributed by atoms with Gasteiger partial charge in [0.15, 0.2) is 0 Å². The smallest absolute Gasteiger partial charge is 0.0675 e. The van der Waals surface area contributed by atoms with Gasteiger partial charge in [-0.15, -0.1) is 11.6 Å². The van der Waals surface area contributed by atoms with Crippen molar-refractivity contribution in [2.45, 2.75) is 38.7 Å². The van der Waals surface area contributed by atoms with Crippen molar-refractivity contribution < 1.29 is 5.11 Å². The summed E-state index contributed by atoms with van der Waals surface area (Å²) in [7, 11) is 0. The van der Waals surface area contributed by atoms with Crippen LogP contribution in [-0.2, 0) is 0 Å². The van der Waals surface area contributed by atoms with Crippen LogP contribution in [0.15, 0.2) is 0 Å². The maximum absolute atomic E-state index is 8.95. The van der Waals surface area contributed by atoms with Gasteiger partial charge in [0, 0.05) is 5.88 Å². The van der Waals surface area contributed by atoms with Crippen LogP contribution in [0.1, 0.15) is 32.6 Å². The van der Waals surface area contributed by atoms with E-state index in [0.717, 1.165) is 12.8 Å². The van der Waals surface area contributed by atoms with Crippen LogP contribution < -0.4 is 0 Å². The number of aliphatic hydroxyl groups is 1. The Morgan fingerprint density at radius 1 is 1.44 bits per heavy atom. The first-order valence-corrected chi connectivity index (χ1v) is 4.08. The monoisotopic (exact) mass is 150 g/mol. The highest BCUT2D eigenvalue weighted by molar-refractivity contribution is 6.18. The van der Waals surface area contributed by atoms with Crippen molar-refractivity contribution in [3.05, 3.63) is 0 Å². The summed E-state index contributed by atoms with van der Waals surface area (Å²) < 4.78 is 0. The fourth-order valence-electron chi connectivity index (χ4n) is 0.707. The van der Waals surface area contributed by atoms with Gasteiger partial charge in [-0.05, 0) is 6.42 Å². The molecule has 0 amide bonds. The third-order valence-corrected chi connectivity index (χ3v) is 1.68. The summed E-state index contributed by atoms with van der Waals surface area (Å²) >= 11 is 5.38. The molecule has 1 nitrogen and oxygen atoms in total. The molecule has 0 unspecified atom stereocenters. The van der Waals surface area contributed by atoms with Gasteiger partial charge in [0.1, 0.15) is 0 Å². The van der Waals surface area contributed by atoms with Gasteiger partial charge < -0.3 is 5.11 Å². The molecule has 0 aromatic heterocycles. The third-order valence-electron chi connectivity index (χ3n) is 1.32. The standard InChI is InChI=1S/C7H15ClO/c1-2-3-4-5-7(9)6-8/h7,9H,2-6H2,1H3/t7-/m0/s1. The second kappa shape index (κ2) is 6.37. The Bertz CT molecular complexity index is 56.9. The van der Waals surface area contributed by atoms with E-state index >= 15 is 0 Å². The topological polar surface area (TPSA) is 20.2 Å². The summed E-state index contributed by atoms with van der Waals surface area (Å²) in [5.41, 5.74) is 0. The molecule has 0 spiro atoms. The maximum Gasteiger partial charge on any atom is 0.0675 e. The Hall–Kier alpha value is 0.250. The Morgan fingerprint density at radius 3 is 2.56 bits per heavy atom. The van der Waals surface area contributed by atoms with Crippen molar-refractivity contribution in [1.82, 2.24) is 0 Å². The molecule has 0 saturated carbocycles. The molecule has 0 radical (unpaired) electrons. The first-order chi connectivity index (χ1) is 4.31. The highest BCUT2D eigenvalue weighted by Gasteiger charge is 1.98. The summed E-state index contributed by atoms with van der Waals surface area (Å²) in [6, 6.07) is 0. The predicted octanol–water partition coefficient (Wildman–Crippen LogP) is 2.17. The van der Waals surface area contributed by atoms with Gasteiger partial charge in [0.25, 0.3) is 0 Å². The zero-order valence-corrected chi connectivity index (χ0v) is 6.69. The third kappa shape index (κ3) is 6.13. The zero-order chi connectivity index (χ0) is 7.11. The van der Waals surface area contributed by atoms with E-state index < -0.39 is 0 Å². The number of halogens is 1. The molecule has 0 fully saturated rings. The van der Waals surface area contributed by atoms with Crippen LogP contribution in [0.2, 0.25) is 0 Å². The van der Waals surface area contributed by atoms with E-state index in [1.165, 1.54) is 12.8 Å². The van der Waals surface area contributed by atoms with Gasteiger partial charge in [-0.25, -0.2) is 0 Å². The number of hydrogen-bond acceptors (Lipinski definition) is 1. The average molecular weight is 151 g/mol. The van der Waals surface area contributed by atoms with Crippen molar-refractivity contribution in [1.29, 1.82) is 0 Å². The normalized spacial score (nSPS) is 13.7. The van der Waals surface area contributed by atoms with Crippen molar-refractivity contribution in [2.75, 3.05) is 5.88 Å². The lowest BCUT2D eigenvalue weighted by Crippen LogP contribution is -2.06. The van der Waals surface area contributed by atoms with Crippen molar-refractivity contribution in [3.63, 3.8) is 0 Å². The first kappa shape index (κ1) is 9.25. The molecular weight excluding hydrogens is 136 g/mol. The van der Waals surface area contributed by atoms with Gasteiger partial charge in [-0.2, -0.15) is 0 Å². The van der Waals surface area contributed by atoms with Crippen LogP contribution in [0, 0.1) is 0 Å². The molecule has 56 valence electrons. The van der Waals surface area contributed by atoms with Crippen molar-refractivity contribution >= 4 is 11.6 Å². The number of alkyl halides is 1. The summed E-state index contributed by atoms with van der Waals surface area (Å²) in [5, 5.41) is 8.95. The second-order valence-corrected chi connectivity index (χ2v) is 2.61. The molecule has 0 rings (SSSR count). The molecule has 9 heavy (non-hydrogen) atoms. The van der Waals surface area contributed by atoms with Crippen LogP contribution in [0.4, 0.5) is 0 Å². The lowest BCUT2D eigenvalue weighted by atomic mass is 10.1. The Kier molecular flexibility index (Phi) is 6.55. The van der Waals surface area contributed by atoms with Crippen molar-refractivity contribution in [2.24, 2.45) is 0 Å². The molecule has 0 aromatic rings. The van der Waals surface area contributed by atoms with E-state index in [-0.39, 0.29) is 6.10 Å². The minimum Gasteiger partial charge on any atom is -0.392 e.